The van der Waals surface area contributed by atoms with E-state index in [1.807, 2.05) is 24.3 Å². The van der Waals surface area contributed by atoms with Crippen molar-refractivity contribution in [1.82, 2.24) is 4.98 Å². The molecule has 0 N–H and O–H groups in total. The number of hydrogen-bond donors (Lipinski definition) is 0. The van der Waals surface area contributed by atoms with E-state index in [1.165, 1.54) is 18.2 Å². The maximum absolute atomic E-state index is 13.7. The first-order valence-corrected chi connectivity index (χ1v) is 6.84. The average Bonchev–Trinajstić information content (AvgIpc) is 2.50. The number of aromatic nitrogens is 1. The second-order valence-electron chi connectivity index (χ2n) is 4.71. The van der Waals surface area contributed by atoms with Crippen molar-refractivity contribution in [2.24, 2.45) is 0 Å². The van der Waals surface area contributed by atoms with Crippen LogP contribution in [0.25, 0.3) is 10.9 Å². The van der Waals surface area contributed by atoms with Crippen LogP contribution in [0.2, 0.25) is 5.02 Å². The molecule has 0 radical (unpaired) electrons. The number of Topliss-reactive ketones (excluding diaryl/α,β-unsaturated/α-hetero) is 1. The molecule has 104 valence electrons. The van der Waals surface area contributed by atoms with Crippen molar-refractivity contribution in [2.45, 2.75) is 6.42 Å². The number of carbonyl (C=O) groups is 1. The van der Waals surface area contributed by atoms with Crippen LogP contribution in [0.4, 0.5) is 4.39 Å². The third-order valence-corrected chi connectivity index (χ3v) is 3.55. The van der Waals surface area contributed by atoms with Gasteiger partial charge in [0.2, 0.25) is 0 Å². The molecule has 3 aromatic rings. The zero-order chi connectivity index (χ0) is 14.8. The summed E-state index contributed by atoms with van der Waals surface area (Å²) in [4.78, 5) is 16.6. The molecule has 1 aromatic heterocycles. The monoisotopic (exact) mass is 299 g/mol. The van der Waals surface area contributed by atoms with Crippen molar-refractivity contribution in [3.63, 3.8) is 0 Å². The van der Waals surface area contributed by atoms with Gasteiger partial charge in [0.05, 0.1) is 11.1 Å². The molecule has 0 saturated heterocycles. The molecule has 0 saturated carbocycles. The summed E-state index contributed by atoms with van der Waals surface area (Å²) in [6, 6.07) is 13.3. The maximum Gasteiger partial charge on any atom is 0.170 e. The maximum atomic E-state index is 13.7. The second kappa shape index (κ2) is 5.62. The summed E-state index contributed by atoms with van der Waals surface area (Å²) in [6.07, 6.45) is 1.76. The van der Waals surface area contributed by atoms with Gasteiger partial charge < -0.3 is 0 Å². The van der Waals surface area contributed by atoms with E-state index in [9.17, 15) is 9.18 Å². The van der Waals surface area contributed by atoms with Gasteiger partial charge in [0.25, 0.3) is 0 Å². The molecule has 0 spiro atoms. The van der Waals surface area contributed by atoms with Crippen LogP contribution in [0.5, 0.6) is 0 Å². The summed E-state index contributed by atoms with van der Waals surface area (Å²) in [5, 5.41) is 1.25. The molecular weight excluding hydrogens is 289 g/mol. The molecule has 2 nitrogen and oxygen atoms in total. The molecule has 0 amide bonds. The standard InChI is InChI=1S/C17H11ClFNO/c18-12-5-6-15(19)14(10-12)17(21)9-11-7-8-20-16-4-2-1-3-13(11)16/h1-8,10H,9H2. The third-order valence-electron chi connectivity index (χ3n) is 3.32. The van der Waals surface area contributed by atoms with Crippen molar-refractivity contribution in [2.75, 3.05) is 0 Å². The van der Waals surface area contributed by atoms with Gasteiger partial charge in [-0.1, -0.05) is 29.8 Å². The van der Waals surface area contributed by atoms with Crippen molar-refractivity contribution in [3.05, 3.63) is 76.7 Å². The van der Waals surface area contributed by atoms with Crippen molar-refractivity contribution >= 4 is 28.3 Å². The summed E-state index contributed by atoms with van der Waals surface area (Å²) in [5.41, 5.74) is 1.66. The molecule has 0 aliphatic heterocycles. The number of nitrogens with zero attached hydrogens (tertiary/aromatic N) is 1. The Kier molecular flexibility index (Phi) is 3.67. The molecule has 0 bridgehead atoms. The van der Waals surface area contributed by atoms with E-state index < -0.39 is 5.82 Å². The van der Waals surface area contributed by atoms with Crippen LogP contribution in [0.15, 0.2) is 54.7 Å². The minimum atomic E-state index is -0.553. The van der Waals surface area contributed by atoms with Gasteiger partial charge in [0.1, 0.15) is 5.82 Å². The lowest BCUT2D eigenvalue weighted by molar-refractivity contribution is 0.0989. The van der Waals surface area contributed by atoms with Crippen LogP contribution in [-0.2, 0) is 6.42 Å². The van der Waals surface area contributed by atoms with Gasteiger partial charge in [-0.15, -0.1) is 0 Å². The Bertz CT molecular complexity index is 827. The minimum absolute atomic E-state index is 0.0170. The Labute approximate surface area is 126 Å². The lowest BCUT2D eigenvalue weighted by Crippen LogP contribution is -2.06. The zero-order valence-corrected chi connectivity index (χ0v) is 11.8. The van der Waals surface area contributed by atoms with Crippen LogP contribution in [0.3, 0.4) is 0 Å². The molecule has 4 heteroatoms. The normalized spacial score (nSPS) is 10.8. The Morgan fingerprint density at radius 3 is 2.81 bits per heavy atom. The van der Waals surface area contributed by atoms with Crippen molar-refractivity contribution in [3.8, 4) is 0 Å². The molecule has 0 unspecified atom stereocenters. The largest absolute Gasteiger partial charge is 0.294 e. The number of para-hydroxylation sites is 1. The van der Waals surface area contributed by atoms with E-state index >= 15 is 0 Å². The number of hydrogen-bond acceptors (Lipinski definition) is 2. The highest BCUT2D eigenvalue weighted by molar-refractivity contribution is 6.31. The van der Waals surface area contributed by atoms with Crippen LogP contribution in [0.1, 0.15) is 15.9 Å². The number of benzene rings is 2. The predicted molar refractivity (Wildman–Crippen MR) is 81.2 cm³/mol. The predicted octanol–water partition coefficient (Wildman–Crippen LogP) is 4.45. The number of rotatable bonds is 3. The summed E-state index contributed by atoms with van der Waals surface area (Å²) >= 11 is 5.83. The van der Waals surface area contributed by atoms with Crippen molar-refractivity contribution < 1.29 is 9.18 Å². The number of halogens is 2. The quantitative estimate of drug-likeness (QED) is 0.669. The highest BCUT2D eigenvalue weighted by atomic mass is 35.5. The highest BCUT2D eigenvalue weighted by Crippen LogP contribution is 2.20. The molecular formula is C17H11ClFNO. The van der Waals surface area contributed by atoms with Gasteiger partial charge in [0, 0.05) is 23.0 Å². The van der Waals surface area contributed by atoms with E-state index in [4.69, 9.17) is 11.6 Å². The van der Waals surface area contributed by atoms with Gasteiger partial charge in [0.15, 0.2) is 5.78 Å². The van der Waals surface area contributed by atoms with Crippen LogP contribution in [-0.4, -0.2) is 10.8 Å². The topological polar surface area (TPSA) is 30.0 Å². The SMILES string of the molecule is O=C(Cc1ccnc2ccccc12)c1cc(Cl)ccc1F. The number of pyridine rings is 1. The first-order valence-electron chi connectivity index (χ1n) is 6.46. The molecule has 0 aliphatic rings. The van der Waals surface area contributed by atoms with Gasteiger partial charge in [-0.05, 0) is 35.9 Å². The Hall–Kier alpha value is -2.26. The van der Waals surface area contributed by atoms with E-state index in [1.54, 1.807) is 12.3 Å². The zero-order valence-electron chi connectivity index (χ0n) is 11.0. The van der Waals surface area contributed by atoms with Crippen LogP contribution < -0.4 is 0 Å². The molecule has 1 heterocycles. The summed E-state index contributed by atoms with van der Waals surface area (Å²) < 4.78 is 13.7. The number of ketones is 1. The Morgan fingerprint density at radius 1 is 1.14 bits per heavy atom. The highest BCUT2D eigenvalue weighted by Gasteiger charge is 2.14. The van der Waals surface area contributed by atoms with Gasteiger partial charge >= 0.3 is 0 Å². The molecule has 3 rings (SSSR count). The van der Waals surface area contributed by atoms with Crippen LogP contribution >= 0.6 is 11.6 Å². The Morgan fingerprint density at radius 2 is 1.95 bits per heavy atom. The molecule has 0 atom stereocenters. The first-order chi connectivity index (χ1) is 10.1. The Balaban J connectivity index is 1.99. The fourth-order valence-electron chi connectivity index (χ4n) is 2.29. The van der Waals surface area contributed by atoms with E-state index in [-0.39, 0.29) is 17.8 Å². The van der Waals surface area contributed by atoms with E-state index in [2.05, 4.69) is 4.98 Å². The first kappa shape index (κ1) is 13.7. The number of carbonyl (C=O) groups excluding carboxylic acids is 1. The lowest BCUT2D eigenvalue weighted by atomic mass is 10.00. The van der Waals surface area contributed by atoms with E-state index in [0.29, 0.717) is 5.02 Å². The smallest absolute Gasteiger partial charge is 0.170 e. The summed E-state index contributed by atoms with van der Waals surface area (Å²) in [7, 11) is 0. The third kappa shape index (κ3) is 2.78. The molecule has 0 fully saturated rings. The molecule has 21 heavy (non-hydrogen) atoms. The average molecular weight is 300 g/mol. The minimum Gasteiger partial charge on any atom is -0.294 e. The van der Waals surface area contributed by atoms with Gasteiger partial charge in [-0.3, -0.25) is 9.78 Å². The van der Waals surface area contributed by atoms with Gasteiger partial charge in [-0.2, -0.15) is 0 Å². The van der Waals surface area contributed by atoms with Crippen LogP contribution in [0, 0.1) is 5.82 Å². The molecule has 0 aliphatic carbocycles. The summed E-state index contributed by atoms with van der Waals surface area (Å²) in [6.45, 7) is 0. The van der Waals surface area contributed by atoms with Gasteiger partial charge in [-0.25, -0.2) is 4.39 Å². The fourth-order valence-corrected chi connectivity index (χ4v) is 2.46. The fraction of sp³-hybridized carbons (Fsp3) is 0.0588. The summed E-state index contributed by atoms with van der Waals surface area (Å²) in [5.74, 6) is -0.853. The lowest BCUT2D eigenvalue weighted by Gasteiger charge is -2.06. The second-order valence-corrected chi connectivity index (χ2v) is 5.15. The van der Waals surface area contributed by atoms with E-state index in [0.717, 1.165) is 16.5 Å². The number of fused-ring (bicyclic) bond motifs is 1. The molecule has 2 aromatic carbocycles. The van der Waals surface area contributed by atoms with Crippen molar-refractivity contribution in [1.29, 1.82) is 0 Å².